The summed E-state index contributed by atoms with van der Waals surface area (Å²) in [5.41, 5.74) is 3.11. The lowest BCUT2D eigenvalue weighted by Gasteiger charge is -2.29. The zero-order chi connectivity index (χ0) is 24.2. The van der Waals surface area contributed by atoms with Crippen molar-refractivity contribution >= 4 is 34.9 Å². The van der Waals surface area contributed by atoms with E-state index in [1.54, 1.807) is 18.1 Å². The average Bonchev–Trinajstić information content (AvgIpc) is 2.72. The van der Waals surface area contributed by atoms with Crippen molar-refractivity contribution in [2.75, 3.05) is 30.5 Å². The van der Waals surface area contributed by atoms with Gasteiger partial charge in [0.1, 0.15) is 17.2 Å². The monoisotopic (exact) mass is 458 g/mol. The number of phenols is 2. The molecule has 0 spiro atoms. The van der Waals surface area contributed by atoms with E-state index in [2.05, 4.69) is 43.1 Å². The van der Waals surface area contributed by atoms with Gasteiger partial charge in [0.15, 0.2) is 5.17 Å². The first-order valence-electron chi connectivity index (χ1n) is 10.4. The van der Waals surface area contributed by atoms with Crippen molar-refractivity contribution in [1.29, 1.82) is 0 Å². The van der Waals surface area contributed by atoms with E-state index in [1.807, 2.05) is 39.1 Å². The minimum atomic E-state index is -0.106. The molecule has 0 heterocycles. The first-order chi connectivity index (χ1) is 15.0. The highest BCUT2D eigenvalue weighted by atomic mass is 32.1. The number of anilines is 2. The van der Waals surface area contributed by atoms with Crippen molar-refractivity contribution in [3.8, 4) is 17.2 Å². The third kappa shape index (κ3) is 5.43. The summed E-state index contributed by atoms with van der Waals surface area (Å²) in [5.74, 6) is 6.73. The molecular weight excluding hydrogens is 424 g/mol. The Kier molecular flexibility index (Phi) is 8.32. The summed E-state index contributed by atoms with van der Waals surface area (Å²) < 4.78 is 5.56. The molecule has 0 unspecified atom stereocenters. The Labute approximate surface area is 196 Å². The van der Waals surface area contributed by atoms with Crippen LogP contribution in [0.4, 0.5) is 11.4 Å². The van der Waals surface area contributed by atoms with Gasteiger partial charge in [0.05, 0.1) is 24.2 Å². The smallest absolute Gasteiger partial charge is 0.188 e. The van der Waals surface area contributed by atoms with E-state index < -0.39 is 0 Å². The largest absolute Gasteiger partial charge is 0.508 e. The van der Waals surface area contributed by atoms with Crippen LogP contribution in [-0.4, -0.2) is 36.1 Å². The molecule has 2 aromatic rings. The zero-order valence-corrected chi connectivity index (χ0v) is 20.5. The lowest BCUT2D eigenvalue weighted by atomic mass is 9.97. The fourth-order valence-corrected chi connectivity index (χ4v) is 3.86. The predicted molar refractivity (Wildman–Crippen MR) is 137 cm³/mol. The number of nitrogens with two attached hydrogens (primary N) is 1. The lowest BCUT2D eigenvalue weighted by molar-refractivity contribution is 0.414. The molecule has 2 aromatic carbocycles. The second kappa shape index (κ2) is 10.5. The predicted octanol–water partition coefficient (Wildman–Crippen LogP) is 4.96. The Morgan fingerprint density at radius 2 is 1.81 bits per heavy atom. The first kappa shape index (κ1) is 25.3. The minimum Gasteiger partial charge on any atom is -0.508 e. The Morgan fingerprint density at radius 3 is 2.34 bits per heavy atom. The SMILES string of the molecule is C=C(c1cc(C(C)C)c(O)cc1O)N(/C(S)=N\N)c1ccc(OC)c(N(C)CC(C)C)c1. The Bertz CT molecular complexity index is 1000. The number of phenolic OH excluding ortho intramolecular Hbond substituents is 2. The molecule has 0 saturated heterocycles. The van der Waals surface area contributed by atoms with Crippen LogP contribution in [0, 0.1) is 5.92 Å². The number of rotatable bonds is 8. The Morgan fingerprint density at radius 1 is 1.16 bits per heavy atom. The second-order valence-corrected chi connectivity index (χ2v) is 8.82. The van der Waals surface area contributed by atoms with Crippen molar-refractivity contribution < 1.29 is 14.9 Å². The topological polar surface area (TPSA) is 94.5 Å². The molecule has 0 bridgehead atoms. The highest BCUT2D eigenvalue weighted by Crippen LogP contribution is 2.40. The molecule has 8 heteroatoms. The number of aromatic hydroxyl groups is 2. The molecule has 0 fully saturated rings. The molecular formula is C24H34N4O3S. The zero-order valence-electron chi connectivity index (χ0n) is 19.6. The number of thiol groups is 1. The highest BCUT2D eigenvalue weighted by Gasteiger charge is 2.23. The minimum absolute atomic E-state index is 0.0289. The van der Waals surface area contributed by atoms with Crippen LogP contribution < -0.4 is 20.4 Å². The van der Waals surface area contributed by atoms with Crippen LogP contribution in [0.1, 0.15) is 44.7 Å². The molecule has 174 valence electrons. The number of hydrogen-bond acceptors (Lipinski definition) is 6. The molecule has 4 N–H and O–H groups in total. The quantitative estimate of drug-likeness (QED) is 0.147. The van der Waals surface area contributed by atoms with Crippen molar-refractivity contribution in [2.45, 2.75) is 33.6 Å². The van der Waals surface area contributed by atoms with Crippen molar-refractivity contribution in [1.82, 2.24) is 0 Å². The molecule has 0 aliphatic heterocycles. The summed E-state index contributed by atoms with van der Waals surface area (Å²) in [7, 11) is 3.63. The van der Waals surface area contributed by atoms with Gasteiger partial charge in [-0.25, -0.2) is 0 Å². The van der Waals surface area contributed by atoms with Gasteiger partial charge in [0, 0.05) is 25.2 Å². The fraction of sp³-hybridized carbons (Fsp3) is 0.375. The van der Waals surface area contributed by atoms with Gasteiger partial charge in [-0.15, -0.1) is 12.6 Å². The van der Waals surface area contributed by atoms with Gasteiger partial charge in [-0.2, -0.15) is 5.10 Å². The van der Waals surface area contributed by atoms with Gasteiger partial charge in [-0.3, -0.25) is 4.90 Å². The lowest BCUT2D eigenvalue weighted by Crippen LogP contribution is -2.27. The molecule has 0 aliphatic rings. The average molecular weight is 459 g/mol. The summed E-state index contributed by atoms with van der Waals surface area (Å²) >= 11 is 4.45. The Hall–Kier alpha value is -3.00. The van der Waals surface area contributed by atoms with Crippen LogP contribution in [0.2, 0.25) is 0 Å². The van der Waals surface area contributed by atoms with Crippen LogP contribution in [0.3, 0.4) is 0 Å². The number of amidine groups is 1. The maximum atomic E-state index is 10.6. The molecule has 0 aliphatic carbocycles. The highest BCUT2D eigenvalue weighted by molar-refractivity contribution is 7.97. The van der Waals surface area contributed by atoms with Gasteiger partial charge in [-0.1, -0.05) is 34.3 Å². The van der Waals surface area contributed by atoms with Crippen LogP contribution in [0.15, 0.2) is 42.0 Å². The van der Waals surface area contributed by atoms with Crippen molar-refractivity contribution in [3.63, 3.8) is 0 Å². The molecule has 7 nitrogen and oxygen atoms in total. The van der Waals surface area contributed by atoms with E-state index in [0.717, 1.165) is 18.0 Å². The summed E-state index contributed by atoms with van der Waals surface area (Å²) in [4.78, 5) is 3.76. The third-order valence-corrected chi connectivity index (χ3v) is 5.45. The number of benzene rings is 2. The van der Waals surface area contributed by atoms with E-state index >= 15 is 0 Å². The van der Waals surface area contributed by atoms with Gasteiger partial charge in [0.25, 0.3) is 0 Å². The van der Waals surface area contributed by atoms with Crippen molar-refractivity contribution in [2.24, 2.45) is 16.9 Å². The molecule has 0 aromatic heterocycles. The summed E-state index contributed by atoms with van der Waals surface area (Å²) in [6.45, 7) is 13.2. The van der Waals surface area contributed by atoms with Crippen LogP contribution >= 0.6 is 12.6 Å². The van der Waals surface area contributed by atoms with E-state index in [9.17, 15) is 10.2 Å². The van der Waals surface area contributed by atoms with Gasteiger partial charge >= 0.3 is 0 Å². The third-order valence-electron chi connectivity index (χ3n) is 5.13. The van der Waals surface area contributed by atoms with E-state index in [-0.39, 0.29) is 22.6 Å². The van der Waals surface area contributed by atoms with Crippen LogP contribution in [0.25, 0.3) is 5.70 Å². The molecule has 0 radical (unpaired) electrons. The maximum absolute atomic E-state index is 10.6. The standard InChI is InChI=1S/C24H34N4O3S/c1-14(2)13-27(6)20-10-17(8-9-23(20)31-7)28(24(32)26-25)16(5)19-11-18(15(3)4)21(29)12-22(19)30/h8-12,14-15,29-30H,5,13,25H2,1-4,6-7H3,(H,26,32). The number of hydrogen-bond donors (Lipinski definition) is 4. The number of methoxy groups -OCH3 is 1. The number of ether oxygens (including phenoxy) is 1. The number of nitrogens with zero attached hydrogens (tertiary/aromatic N) is 3. The number of hydrazone groups is 1. The van der Waals surface area contributed by atoms with Crippen LogP contribution in [-0.2, 0) is 0 Å². The van der Waals surface area contributed by atoms with Gasteiger partial charge < -0.3 is 25.7 Å². The normalized spacial score (nSPS) is 11.7. The molecule has 0 atom stereocenters. The van der Waals surface area contributed by atoms with E-state index in [1.165, 1.54) is 6.07 Å². The van der Waals surface area contributed by atoms with Gasteiger partial charge in [-0.05, 0) is 41.7 Å². The fourth-order valence-electron chi connectivity index (χ4n) is 3.62. The first-order valence-corrected chi connectivity index (χ1v) is 10.9. The van der Waals surface area contributed by atoms with E-state index in [4.69, 9.17) is 10.6 Å². The molecule has 2 rings (SSSR count). The molecule has 32 heavy (non-hydrogen) atoms. The summed E-state index contributed by atoms with van der Waals surface area (Å²) in [6, 6.07) is 8.68. The molecule has 0 saturated carbocycles. The summed E-state index contributed by atoms with van der Waals surface area (Å²) in [6.07, 6.45) is 0. The second-order valence-electron chi connectivity index (χ2n) is 8.42. The maximum Gasteiger partial charge on any atom is 0.188 e. The van der Waals surface area contributed by atoms with Crippen molar-refractivity contribution in [3.05, 3.63) is 48.0 Å². The summed E-state index contributed by atoms with van der Waals surface area (Å²) in [5, 5.41) is 24.7. The molecule has 0 amide bonds. The van der Waals surface area contributed by atoms with Gasteiger partial charge in [0.2, 0.25) is 0 Å². The van der Waals surface area contributed by atoms with Crippen LogP contribution in [0.5, 0.6) is 17.2 Å². The Balaban J connectivity index is 2.63. The van der Waals surface area contributed by atoms with E-state index in [0.29, 0.717) is 28.4 Å².